The van der Waals surface area contributed by atoms with Crippen LogP contribution in [0.1, 0.15) is 35.0 Å². The number of allylic oxidation sites excluding steroid dienone is 3. The largest absolute Gasteiger partial charge is 0.208 e. The molecule has 7 aromatic rings. The molecular formula is C45H31N3. The van der Waals surface area contributed by atoms with Crippen molar-refractivity contribution in [2.45, 2.75) is 12.3 Å². The number of aromatic nitrogens is 3. The summed E-state index contributed by atoms with van der Waals surface area (Å²) in [6.45, 7) is 5.94. The summed E-state index contributed by atoms with van der Waals surface area (Å²) in [5, 5.41) is 0. The first-order valence-corrected chi connectivity index (χ1v) is 16.4. The van der Waals surface area contributed by atoms with Gasteiger partial charge in [-0.3, -0.25) is 0 Å². The lowest BCUT2D eigenvalue weighted by molar-refractivity contribution is 0.794. The van der Waals surface area contributed by atoms with Crippen LogP contribution in [0, 0.1) is 0 Å². The van der Waals surface area contributed by atoms with Gasteiger partial charge in [-0.2, -0.15) is 0 Å². The Morgan fingerprint density at radius 2 is 0.938 bits per heavy atom. The Hall–Kier alpha value is -6.19. The van der Waals surface area contributed by atoms with Crippen LogP contribution in [0.2, 0.25) is 0 Å². The van der Waals surface area contributed by atoms with E-state index in [1.165, 1.54) is 50.1 Å². The molecule has 9 rings (SSSR count). The second-order valence-electron chi connectivity index (χ2n) is 12.3. The lowest BCUT2D eigenvalue weighted by Gasteiger charge is -2.30. The van der Waals surface area contributed by atoms with Crippen molar-refractivity contribution in [3.05, 3.63) is 192 Å². The van der Waals surface area contributed by atoms with Crippen molar-refractivity contribution in [2.24, 2.45) is 0 Å². The highest BCUT2D eigenvalue weighted by atomic mass is 15.0. The normalized spacial score (nSPS) is 13.5. The Labute approximate surface area is 280 Å². The molecule has 48 heavy (non-hydrogen) atoms. The van der Waals surface area contributed by atoms with Crippen LogP contribution in [-0.2, 0) is 5.41 Å². The van der Waals surface area contributed by atoms with Gasteiger partial charge >= 0.3 is 0 Å². The van der Waals surface area contributed by atoms with Gasteiger partial charge in [0.2, 0.25) is 0 Å². The number of nitrogens with zero attached hydrogens (tertiary/aromatic N) is 3. The average Bonchev–Trinajstić information content (AvgIpc) is 3.63. The fourth-order valence-electron chi connectivity index (χ4n) is 7.78. The van der Waals surface area contributed by atoms with Crippen LogP contribution in [0.5, 0.6) is 0 Å². The quantitative estimate of drug-likeness (QED) is 0.181. The molecule has 0 saturated carbocycles. The minimum absolute atomic E-state index is 0.328. The van der Waals surface area contributed by atoms with Crippen LogP contribution in [0.15, 0.2) is 164 Å². The molecule has 0 N–H and O–H groups in total. The third kappa shape index (κ3) is 4.04. The zero-order valence-corrected chi connectivity index (χ0v) is 26.6. The lowest BCUT2D eigenvalue weighted by atomic mass is 9.70. The topological polar surface area (TPSA) is 38.7 Å². The molecule has 226 valence electrons. The van der Waals surface area contributed by atoms with E-state index in [0.29, 0.717) is 17.5 Å². The number of benzene rings is 6. The molecule has 0 fully saturated rings. The smallest absolute Gasteiger partial charge is 0.164 e. The molecule has 3 heteroatoms. The van der Waals surface area contributed by atoms with Crippen molar-refractivity contribution >= 4 is 5.57 Å². The van der Waals surface area contributed by atoms with Crippen molar-refractivity contribution in [3.63, 3.8) is 0 Å². The van der Waals surface area contributed by atoms with E-state index >= 15 is 0 Å². The molecule has 2 aliphatic rings. The summed E-state index contributed by atoms with van der Waals surface area (Å²) >= 11 is 0. The summed E-state index contributed by atoms with van der Waals surface area (Å²) in [5.74, 6) is 1.89. The van der Waals surface area contributed by atoms with Gasteiger partial charge in [0.25, 0.3) is 0 Å². The van der Waals surface area contributed by atoms with Gasteiger partial charge < -0.3 is 0 Å². The van der Waals surface area contributed by atoms with Gasteiger partial charge in [-0.1, -0.05) is 158 Å². The van der Waals surface area contributed by atoms with Gasteiger partial charge in [0.1, 0.15) is 0 Å². The van der Waals surface area contributed by atoms with Crippen molar-refractivity contribution in [1.82, 2.24) is 15.0 Å². The molecule has 1 heterocycles. The van der Waals surface area contributed by atoms with Crippen LogP contribution in [0.3, 0.4) is 0 Å². The molecular weight excluding hydrogens is 583 g/mol. The van der Waals surface area contributed by atoms with Crippen LogP contribution in [0.4, 0.5) is 0 Å². The van der Waals surface area contributed by atoms with E-state index in [1.54, 1.807) is 6.08 Å². The number of fused-ring (bicyclic) bond motifs is 10. The second-order valence-corrected chi connectivity index (χ2v) is 12.3. The zero-order valence-electron chi connectivity index (χ0n) is 26.6. The molecule has 0 saturated heterocycles. The summed E-state index contributed by atoms with van der Waals surface area (Å²) < 4.78 is 0. The minimum atomic E-state index is -0.328. The van der Waals surface area contributed by atoms with E-state index < -0.39 is 0 Å². The van der Waals surface area contributed by atoms with Crippen molar-refractivity contribution in [2.75, 3.05) is 0 Å². The molecule has 0 bridgehead atoms. The van der Waals surface area contributed by atoms with E-state index in [2.05, 4.69) is 122 Å². The number of hydrogen-bond donors (Lipinski definition) is 0. The summed E-state index contributed by atoms with van der Waals surface area (Å²) in [6.07, 6.45) is 3.76. The highest BCUT2D eigenvalue weighted by Gasteiger charge is 2.51. The molecule has 2 aliphatic carbocycles. The highest BCUT2D eigenvalue weighted by Crippen LogP contribution is 2.62. The van der Waals surface area contributed by atoms with E-state index in [-0.39, 0.29) is 5.41 Å². The summed E-state index contributed by atoms with van der Waals surface area (Å²) in [4.78, 5) is 14.5. The monoisotopic (exact) mass is 613 g/mol. The maximum atomic E-state index is 4.89. The Bertz CT molecular complexity index is 2370. The van der Waals surface area contributed by atoms with Crippen molar-refractivity contribution in [1.29, 1.82) is 0 Å². The molecule has 0 unspecified atom stereocenters. The first-order valence-electron chi connectivity index (χ1n) is 16.4. The first kappa shape index (κ1) is 28.1. The van der Waals surface area contributed by atoms with Crippen LogP contribution >= 0.6 is 0 Å². The summed E-state index contributed by atoms with van der Waals surface area (Å²) in [7, 11) is 0. The van der Waals surface area contributed by atoms with E-state index in [1.807, 2.05) is 43.3 Å². The molecule has 0 atom stereocenters. The third-order valence-electron chi connectivity index (χ3n) is 9.93. The predicted octanol–water partition coefficient (Wildman–Crippen LogP) is 10.8. The number of rotatable bonds is 5. The van der Waals surface area contributed by atoms with E-state index in [9.17, 15) is 0 Å². The number of hydrogen-bond acceptors (Lipinski definition) is 3. The predicted molar refractivity (Wildman–Crippen MR) is 196 cm³/mol. The van der Waals surface area contributed by atoms with Gasteiger partial charge in [0, 0.05) is 16.7 Å². The SMILES string of the molecule is C=C/C(=C\C)c1nc(-c2ccccc2)nc(-c2ccc(-c3ccc4c(c3)-c3ccccc3C43c4ccccc4-c4ccccc43)cc2)n1. The van der Waals surface area contributed by atoms with E-state index in [4.69, 9.17) is 15.0 Å². The van der Waals surface area contributed by atoms with Crippen LogP contribution in [0.25, 0.3) is 61.7 Å². The Morgan fingerprint density at radius 3 is 1.50 bits per heavy atom. The maximum absolute atomic E-state index is 4.89. The van der Waals surface area contributed by atoms with Gasteiger partial charge in [-0.25, -0.2) is 15.0 Å². The van der Waals surface area contributed by atoms with Crippen molar-refractivity contribution in [3.8, 4) is 56.2 Å². The summed E-state index contributed by atoms with van der Waals surface area (Å²) in [6, 6.07) is 52.4. The highest BCUT2D eigenvalue weighted by molar-refractivity contribution is 5.96. The van der Waals surface area contributed by atoms with Crippen LogP contribution < -0.4 is 0 Å². The molecule has 0 radical (unpaired) electrons. The fourth-order valence-corrected chi connectivity index (χ4v) is 7.78. The van der Waals surface area contributed by atoms with Gasteiger partial charge in [0.15, 0.2) is 17.5 Å². The lowest BCUT2D eigenvalue weighted by Crippen LogP contribution is -2.25. The van der Waals surface area contributed by atoms with E-state index in [0.717, 1.165) is 22.3 Å². The molecule has 1 spiro atoms. The molecule has 0 amide bonds. The summed E-state index contributed by atoms with van der Waals surface area (Å²) in [5.41, 5.74) is 15.4. The Kier molecular flexibility index (Phi) is 6.41. The Morgan fingerprint density at radius 1 is 0.479 bits per heavy atom. The molecule has 0 aliphatic heterocycles. The Balaban J connectivity index is 1.15. The fraction of sp³-hybridized carbons (Fsp3) is 0.0444. The standard InChI is InChI=1S/C45H31N3/c1-3-29(4-2)42-46-43(31-14-6-5-7-15-31)48-44(47-42)32-24-22-30(23-25-32)33-26-27-41-37(28-33)36-18-10-13-21-40(36)45(41)38-19-11-8-16-34(38)35-17-9-12-20-39(35)45/h3-28H,1H2,2H3/b29-4+. The van der Waals surface area contributed by atoms with Gasteiger partial charge in [-0.15, -0.1) is 0 Å². The first-order chi connectivity index (χ1) is 23.7. The average molecular weight is 614 g/mol. The molecule has 1 aromatic heterocycles. The maximum Gasteiger partial charge on any atom is 0.164 e. The minimum Gasteiger partial charge on any atom is -0.208 e. The van der Waals surface area contributed by atoms with Gasteiger partial charge in [-0.05, 0) is 68.6 Å². The zero-order chi connectivity index (χ0) is 32.2. The molecule has 6 aromatic carbocycles. The molecule has 3 nitrogen and oxygen atoms in total. The van der Waals surface area contributed by atoms with Crippen LogP contribution in [-0.4, -0.2) is 15.0 Å². The van der Waals surface area contributed by atoms with Crippen molar-refractivity contribution < 1.29 is 0 Å². The third-order valence-corrected chi connectivity index (χ3v) is 9.93. The second kappa shape index (κ2) is 11.0. The van der Waals surface area contributed by atoms with Gasteiger partial charge in [0.05, 0.1) is 5.41 Å².